The Balaban J connectivity index is 1.01. The molecule has 0 bridgehead atoms. The topological polar surface area (TPSA) is 143 Å². The number of nitrogens with two attached hydrogens (primary N) is 1. The number of halogens is 3. The number of nitrogens with zero attached hydrogens (tertiary/aromatic N) is 2. The zero-order valence-corrected chi connectivity index (χ0v) is 31.3. The lowest BCUT2D eigenvalue weighted by atomic mass is 10.2. The van der Waals surface area contributed by atoms with Crippen LogP contribution in [0.15, 0.2) is 46.5 Å². The van der Waals surface area contributed by atoms with Crippen molar-refractivity contribution >= 4 is 11.9 Å². The van der Waals surface area contributed by atoms with Gasteiger partial charge in [-0.15, -0.1) is 0 Å². The number of hydrazone groups is 1. The van der Waals surface area contributed by atoms with Crippen LogP contribution in [0.4, 0.5) is 13.2 Å². The number of rotatable bonds is 34. The van der Waals surface area contributed by atoms with Crippen molar-refractivity contribution in [2.24, 2.45) is 15.9 Å². The van der Waals surface area contributed by atoms with E-state index in [2.05, 4.69) is 29.2 Å². The fraction of sp³-hybridized carbons (Fsp3) is 0.632. The number of benzene rings is 2. The lowest BCUT2D eigenvalue weighted by Crippen LogP contribution is -2.22. The third-order valence-electron chi connectivity index (χ3n) is 7.87. The quantitative estimate of drug-likeness (QED) is 0.0463. The summed E-state index contributed by atoms with van der Waals surface area (Å²) in [4.78, 5) is 4.25. The van der Waals surface area contributed by atoms with E-state index in [1.807, 2.05) is 12.1 Å². The molecule has 0 atom stereocenters. The van der Waals surface area contributed by atoms with Crippen molar-refractivity contribution < 1.29 is 60.5 Å². The molecule has 1 fully saturated rings. The van der Waals surface area contributed by atoms with Gasteiger partial charge in [0.25, 0.3) is 0 Å². The summed E-state index contributed by atoms with van der Waals surface area (Å²) in [5.74, 6) is 2.63. The molecule has 0 amide bonds. The van der Waals surface area contributed by atoms with E-state index < -0.39 is 28.8 Å². The minimum Gasteiger partial charge on any atom is -0.491 e. The van der Waals surface area contributed by atoms with Crippen LogP contribution in [0, 0.1) is 17.5 Å². The first kappa shape index (κ1) is 45.0. The van der Waals surface area contributed by atoms with Crippen LogP contribution in [0.25, 0.3) is 0 Å². The highest BCUT2D eigenvalue weighted by atomic mass is 19.1. The molecule has 1 aliphatic carbocycles. The number of hydrogen-bond acceptors (Lipinski definition) is 13. The van der Waals surface area contributed by atoms with Gasteiger partial charge < -0.3 is 53.2 Å². The molecule has 54 heavy (non-hydrogen) atoms. The average Bonchev–Trinajstić information content (AvgIpc) is 3.94. The van der Waals surface area contributed by atoms with Gasteiger partial charge in [-0.05, 0) is 37.0 Å². The van der Waals surface area contributed by atoms with Crippen molar-refractivity contribution in [1.29, 1.82) is 0 Å². The lowest BCUT2D eigenvalue weighted by molar-refractivity contribution is -0.00495. The molecule has 304 valence electrons. The number of aliphatic imine (C=N–C) groups is 1. The van der Waals surface area contributed by atoms with E-state index in [0.717, 1.165) is 12.2 Å². The van der Waals surface area contributed by atoms with Gasteiger partial charge in [-0.2, -0.15) is 5.10 Å². The van der Waals surface area contributed by atoms with E-state index in [-0.39, 0.29) is 6.61 Å². The van der Waals surface area contributed by atoms with E-state index in [4.69, 9.17) is 53.2 Å². The van der Waals surface area contributed by atoms with Crippen LogP contribution in [-0.4, -0.2) is 136 Å². The molecule has 0 aliphatic heterocycles. The largest absolute Gasteiger partial charge is 0.491 e. The summed E-state index contributed by atoms with van der Waals surface area (Å²) in [5.41, 5.74) is 1.11. The van der Waals surface area contributed by atoms with Crippen LogP contribution in [0.3, 0.4) is 0 Å². The molecule has 1 saturated carbocycles. The zero-order valence-electron chi connectivity index (χ0n) is 31.3. The highest BCUT2D eigenvalue weighted by Crippen LogP contribution is 2.44. The lowest BCUT2D eigenvalue weighted by Gasteiger charge is -2.19. The fourth-order valence-electron chi connectivity index (χ4n) is 4.68. The maximum atomic E-state index is 13.9. The molecule has 0 unspecified atom stereocenters. The Bertz CT molecular complexity index is 1310. The van der Waals surface area contributed by atoms with Crippen LogP contribution < -0.4 is 15.3 Å². The van der Waals surface area contributed by atoms with Crippen molar-refractivity contribution in [2.75, 3.05) is 119 Å². The molecule has 3 rings (SSSR count). The second-order valence-electron chi connectivity index (χ2n) is 12.1. The van der Waals surface area contributed by atoms with E-state index in [9.17, 15) is 13.2 Å². The summed E-state index contributed by atoms with van der Waals surface area (Å²) in [6.45, 7) is 9.57. The van der Waals surface area contributed by atoms with E-state index in [1.165, 1.54) is 5.56 Å². The maximum Gasteiger partial charge on any atom is 0.191 e. The van der Waals surface area contributed by atoms with Crippen molar-refractivity contribution in [3.05, 3.63) is 59.4 Å². The minimum absolute atomic E-state index is 0.215. The summed E-state index contributed by atoms with van der Waals surface area (Å²) in [7, 11) is 0. The molecule has 16 heteroatoms. The monoisotopic (exact) mass is 771 g/mol. The smallest absolute Gasteiger partial charge is 0.191 e. The van der Waals surface area contributed by atoms with Crippen LogP contribution in [0.2, 0.25) is 0 Å². The van der Waals surface area contributed by atoms with Crippen LogP contribution in [0.5, 0.6) is 11.5 Å². The number of aryl methyl sites for hydroxylation is 1. The van der Waals surface area contributed by atoms with Crippen molar-refractivity contribution in [1.82, 2.24) is 0 Å². The van der Waals surface area contributed by atoms with Gasteiger partial charge in [-0.3, -0.25) is 4.99 Å². The van der Waals surface area contributed by atoms with Gasteiger partial charge in [-0.1, -0.05) is 19.1 Å². The normalized spacial score (nSPS) is 13.9. The first-order valence-corrected chi connectivity index (χ1v) is 18.4. The summed E-state index contributed by atoms with van der Waals surface area (Å²) < 4.78 is 96.1. The molecule has 2 aromatic carbocycles. The van der Waals surface area contributed by atoms with E-state index in [0.29, 0.717) is 149 Å². The van der Waals surface area contributed by atoms with Gasteiger partial charge in [0.2, 0.25) is 0 Å². The van der Waals surface area contributed by atoms with Gasteiger partial charge in [0.15, 0.2) is 17.4 Å². The Hall–Kier alpha value is -3.35. The summed E-state index contributed by atoms with van der Waals surface area (Å²) in [5, 5.41) is 3.68. The maximum absolute atomic E-state index is 13.9. The molecule has 1 aliphatic rings. The molecule has 0 saturated heterocycles. The Morgan fingerprint density at radius 2 is 1.15 bits per heavy atom. The molecular weight excluding hydrogens is 715 g/mol. The van der Waals surface area contributed by atoms with Gasteiger partial charge in [0, 0.05) is 24.8 Å². The Morgan fingerprint density at radius 1 is 0.667 bits per heavy atom. The van der Waals surface area contributed by atoms with Crippen molar-refractivity contribution in [3.63, 3.8) is 0 Å². The highest BCUT2D eigenvalue weighted by molar-refractivity contribution is 6.31. The van der Waals surface area contributed by atoms with Gasteiger partial charge in [0.05, 0.1) is 112 Å². The Labute approximate surface area is 316 Å². The van der Waals surface area contributed by atoms with Crippen molar-refractivity contribution in [2.45, 2.75) is 38.2 Å². The fourth-order valence-corrected chi connectivity index (χ4v) is 4.68. The van der Waals surface area contributed by atoms with Crippen LogP contribution in [-0.2, 0) is 44.3 Å². The third-order valence-corrected chi connectivity index (χ3v) is 7.87. The first-order chi connectivity index (χ1) is 26.4. The molecule has 0 radical (unpaired) electrons. The third kappa shape index (κ3) is 20.4. The summed E-state index contributed by atoms with van der Waals surface area (Å²) in [6, 6.07) is 9.28. The first-order valence-electron chi connectivity index (χ1n) is 18.4. The van der Waals surface area contributed by atoms with Gasteiger partial charge in [-0.25, -0.2) is 13.2 Å². The zero-order chi connectivity index (χ0) is 38.5. The second kappa shape index (κ2) is 28.1. The minimum atomic E-state index is -1.05. The molecular formula is C38H56F3N3O10. The molecule has 13 nitrogen and oxygen atoms in total. The predicted molar refractivity (Wildman–Crippen MR) is 196 cm³/mol. The molecule has 0 aromatic heterocycles. The molecule has 2 N–H and O–H groups in total. The number of hydrogen-bond donors (Lipinski definition) is 1. The number of ether oxygens (including phenoxy) is 10. The van der Waals surface area contributed by atoms with E-state index >= 15 is 0 Å². The Kier molecular flexibility index (Phi) is 23.5. The predicted octanol–water partition coefficient (Wildman–Crippen LogP) is 4.57. The molecule has 0 spiro atoms. The highest BCUT2D eigenvalue weighted by Gasteiger charge is 2.46. The standard InChI is InChI=1S/C38H56F3N3O10/c1-2-31-3-5-34(6-4-31)53-26-25-51-22-21-49-19-20-50-23-24-52-30-33(44-42)29-43-10-12-46-14-16-48-18-17-47-15-13-45-11-9-38(7-8-38)54-37-35(40)27-32(39)28-36(37)41/h3-6,27-29H,2,7-26,30,42H2,1H3/b43-29?,44-33+. The SMILES string of the molecule is CCc1ccc(OCCOCCOCCOCCOC/C(C=NCCOCCOCCOCCOCCC2(Oc3c(F)cc(F)cc3F)CC2)=N/N)cc1. The summed E-state index contributed by atoms with van der Waals surface area (Å²) >= 11 is 0. The molecule has 2 aromatic rings. The van der Waals surface area contributed by atoms with E-state index in [1.54, 1.807) is 6.21 Å². The van der Waals surface area contributed by atoms with Crippen LogP contribution in [0.1, 0.15) is 31.7 Å². The van der Waals surface area contributed by atoms with Crippen LogP contribution >= 0.6 is 0 Å². The van der Waals surface area contributed by atoms with Gasteiger partial charge in [0.1, 0.15) is 29.5 Å². The van der Waals surface area contributed by atoms with Gasteiger partial charge >= 0.3 is 0 Å². The average molecular weight is 772 g/mol. The summed E-state index contributed by atoms with van der Waals surface area (Å²) in [6.07, 6.45) is 4.33. The Morgan fingerprint density at radius 3 is 1.65 bits per heavy atom. The second-order valence-corrected chi connectivity index (χ2v) is 12.1. The van der Waals surface area contributed by atoms with Crippen molar-refractivity contribution in [3.8, 4) is 11.5 Å². The molecule has 0 heterocycles.